The molecule has 0 heterocycles. The molecule has 0 atom stereocenters. The van der Waals surface area contributed by atoms with E-state index in [2.05, 4.69) is 30.3 Å². The molecule has 0 unspecified atom stereocenters. The lowest BCUT2D eigenvalue weighted by Gasteiger charge is -2.20. The maximum Gasteiger partial charge on any atom is 0.216 e. The molecule has 0 saturated carbocycles. The van der Waals surface area contributed by atoms with Gasteiger partial charge in [-0.3, -0.25) is 9.69 Å². The van der Waals surface area contributed by atoms with Gasteiger partial charge in [0.15, 0.2) is 0 Å². The summed E-state index contributed by atoms with van der Waals surface area (Å²) in [7, 11) is 0. The summed E-state index contributed by atoms with van der Waals surface area (Å²) in [5.74, 6) is 0.0172. The quantitative estimate of drug-likeness (QED) is 0.620. The highest BCUT2D eigenvalue weighted by atomic mass is 16.1. The first-order valence-corrected chi connectivity index (χ1v) is 4.87. The van der Waals surface area contributed by atoms with E-state index in [0.717, 1.165) is 25.2 Å². The van der Waals surface area contributed by atoms with Crippen LogP contribution in [0.5, 0.6) is 0 Å². The molecule has 0 rings (SSSR count). The van der Waals surface area contributed by atoms with Gasteiger partial charge in [-0.2, -0.15) is 0 Å². The predicted molar refractivity (Wildman–Crippen MR) is 60.1 cm³/mol. The Morgan fingerprint density at radius 3 is 2.64 bits per heavy atom. The molecular formula is C11H20N2O. The number of carbonyl (C=O) groups is 1. The molecule has 0 saturated heterocycles. The van der Waals surface area contributed by atoms with Crippen LogP contribution in [-0.4, -0.2) is 37.0 Å². The highest BCUT2D eigenvalue weighted by Crippen LogP contribution is 1.96. The van der Waals surface area contributed by atoms with Crippen molar-refractivity contribution in [2.24, 2.45) is 0 Å². The van der Waals surface area contributed by atoms with Crippen molar-refractivity contribution >= 4 is 5.91 Å². The minimum atomic E-state index is 0.0172. The smallest absolute Gasteiger partial charge is 0.216 e. The first-order chi connectivity index (χ1) is 6.60. The van der Waals surface area contributed by atoms with Crippen LogP contribution in [0.25, 0.3) is 0 Å². The summed E-state index contributed by atoms with van der Waals surface area (Å²) in [6.45, 7) is 14.4. The van der Waals surface area contributed by atoms with Crippen molar-refractivity contribution in [3.63, 3.8) is 0 Å². The molecule has 0 aliphatic carbocycles. The Labute approximate surface area is 86.5 Å². The van der Waals surface area contributed by atoms with Gasteiger partial charge in [0, 0.05) is 26.6 Å². The fourth-order valence-electron chi connectivity index (χ4n) is 1.09. The number of hydrogen-bond acceptors (Lipinski definition) is 2. The van der Waals surface area contributed by atoms with E-state index in [4.69, 9.17) is 0 Å². The molecule has 0 aliphatic rings. The van der Waals surface area contributed by atoms with E-state index in [1.165, 1.54) is 6.92 Å². The van der Waals surface area contributed by atoms with Crippen LogP contribution in [0, 0.1) is 0 Å². The summed E-state index contributed by atoms with van der Waals surface area (Å²) in [6, 6.07) is 0. The molecule has 3 heteroatoms. The van der Waals surface area contributed by atoms with Crippen molar-refractivity contribution in [3.8, 4) is 0 Å². The van der Waals surface area contributed by atoms with Crippen LogP contribution >= 0.6 is 0 Å². The lowest BCUT2D eigenvalue weighted by Crippen LogP contribution is -2.34. The summed E-state index contributed by atoms with van der Waals surface area (Å²) in [5, 5.41) is 2.77. The van der Waals surface area contributed by atoms with Crippen molar-refractivity contribution in [1.29, 1.82) is 0 Å². The fraction of sp³-hybridized carbons (Fsp3) is 0.545. The molecule has 1 amide bonds. The Bertz CT molecular complexity index is 211. The Balaban J connectivity index is 3.73. The topological polar surface area (TPSA) is 32.3 Å². The van der Waals surface area contributed by atoms with Crippen molar-refractivity contribution in [2.75, 3.05) is 26.2 Å². The van der Waals surface area contributed by atoms with E-state index in [1.54, 1.807) is 6.08 Å². The van der Waals surface area contributed by atoms with Gasteiger partial charge in [-0.15, -0.1) is 0 Å². The van der Waals surface area contributed by atoms with E-state index in [-0.39, 0.29) is 5.91 Å². The van der Waals surface area contributed by atoms with Crippen LogP contribution in [0.4, 0.5) is 0 Å². The maximum absolute atomic E-state index is 10.6. The first kappa shape index (κ1) is 12.9. The Hall–Kier alpha value is -1.09. The van der Waals surface area contributed by atoms with E-state index in [9.17, 15) is 4.79 Å². The molecule has 0 fully saturated rings. The average Bonchev–Trinajstić information content (AvgIpc) is 2.15. The van der Waals surface area contributed by atoms with E-state index >= 15 is 0 Å². The number of rotatable bonds is 7. The summed E-state index contributed by atoms with van der Waals surface area (Å²) in [5.41, 5.74) is 1.01. The molecule has 0 aromatic rings. The summed E-state index contributed by atoms with van der Waals surface area (Å²) < 4.78 is 0. The molecule has 0 aliphatic heterocycles. The van der Waals surface area contributed by atoms with Gasteiger partial charge < -0.3 is 5.32 Å². The molecule has 0 spiro atoms. The van der Waals surface area contributed by atoms with Crippen molar-refractivity contribution in [1.82, 2.24) is 10.2 Å². The molecule has 80 valence electrons. The first-order valence-electron chi connectivity index (χ1n) is 4.87. The summed E-state index contributed by atoms with van der Waals surface area (Å²) in [6.07, 6.45) is 1.76. The van der Waals surface area contributed by atoms with Crippen LogP contribution in [0.2, 0.25) is 0 Å². The highest BCUT2D eigenvalue weighted by molar-refractivity contribution is 5.72. The lowest BCUT2D eigenvalue weighted by molar-refractivity contribution is -0.119. The molecule has 0 radical (unpaired) electrons. The third kappa shape index (κ3) is 6.43. The van der Waals surface area contributed by atoms with Crippen molar-refractivity contribution in [3.05, 3.63) is 24.8 Å². The van der Waals surface area contributed by atoms with Gasteiger partial charge in [0.05, 0.1) is 0 Å². The second-order valence-corrected chi connectivity index (χ2v) is 3.21. The molecule has 1 N–H and O–H groups in total. The van der Waals surface area contributed by atoms with Crippen molar-refractivity contribution < 1.29 is 4.79 Å². The average molecular weight is 196 g/mol. The molecule has 0 aromatic carbocycles. The largest absolute Gasteiger partial charge is 0.355 e. The lowest BCUT2D eigenvalue weighted by atomic mass is 10.3. The number of nitrogens with one attached hydrogen (secondary N) is 1. The minimum Gasteiger partial charge on any atom is -0.355 e. The van der Waals surface area contributed by atoms with E-state index < -0.39 is 0 Å². The Kier molecular flexibility index (Phi) is 6.76. The normalized spacial score (nSPS) is 9.93. The SMILES string of the molecule is C=CC(=C)CN(CC)CCNC(C)=O. The third-order valence-electron chi connectivity index (χ3n) is 1.96. The van der Waals surface area contributed by atoms with Crippen LogP contribution in [0.15, 0.2) is 24.8 Å². The zero-order chi connectivity index (χ0) is 11.0. The second kappa shape index (κ2) is 7.33. The molecular weight excluding hydrogens is 176 g/mol. The predicted octanol–water partition coefficient (Wildman–Crippen LogP) is 1.19. The molecule has 3 nitrogen and oxygen atoms in total. The van der Waals surface area contributed by atoms with Crippen LogP contribution in [-0.2, 0) is 4.79 Å². The number of nitrogens with zero attached hydrogens (tertiary/aromatic N) is 1. The summed E-state index contributed by atoms with van der Waals surface area (Å²) in [4.78, 5) is 12.8. The van der Waals surface area contributed by atoms with Gasteiger partial charge in [0.2, 0.25) is 5.91 Å². The Morgan fingerprint density at radius 1 is 1.57 bits per heavy atom. The van der Waals surface area contributed by atoms with Gasteiger partial charge in [0.1, 0.15) is 0 Å². The Morgan fingerprint density at radius 2 is 2.21 bits per heavy atom. The molecule has 14 heavy (non-hydrogen) atoms. The van der Waals surface area contributed by atoms with Gasteiger partial charge in [-0.1, -0.05) is 26.2 Å². The fourth-order valence-corrected chi connectivity index (χ4v) is 1.09. The van der Waals surface area contributed by atoms with Crippen molar-refractivity contribution in [2.45, 2.75) is 13.8 Å². The summed E-state index contributed by atoms with van der Waals surface area (Å²) >= 11 is 0. The monoisotopic (exact) mass is 196 g/mol. The van der Waals surface area contributed by atoms with Gasteiger partial charge in [0.25, 0.3) is 0 Å². The number of carbonyl (C=O) groups excluding carboxylic acids is 1. The zero-order valence-corrected chi connectivity index (χ0v) is 9.18. The van der Waals surface area contributed by atoms with E-state index in [0.29, 0.717) is 6.54 Å². The molecule has 0 aromatic heterocycles. The zero-order valence-electron chi connectivity index (χ0n) is 9.18. The van der Waals surface area contributed by atoms with Crippen LogP contribution in [0.3, 0.4) is 0 Å². The van der Waals surface area contributed by atoms with Gasteiger partial charge >= 0.3 is 0 Å². The van der Waals surface area contributed by atoms with E-state index in [1.807, 2.05) is 0 Å². The number of likely N-dealkylation sites (N-methyl/N-ethyl adjacent to an activating group) is 1. The third-order valence-corrected chi connectivity index (χ3v) is 1.96. The molecule has 0 bridgehead atoms. The second-order valence-electron chi connectivity index (χ2n) is 3.21. The standard InChI is InChI=1S/C11H20N2O/c1-5-10(3)9-13(6-2)8-7-12-11(4)14/h5H,1,3,6-9H2,2,4H3,(H,12,14). The minimum absolute atomic E-state index is 0.0172. The maximum atomic E-state index is 10.6. The highest BCUT2D eigenvalue weighted by Gasteiger charge is 2.02. The number of hydrogen-bond donors (Lipinski definition) is 1. The van der Waals surface area contributed by atoms with Gasteiger partial charge in [-0.05, 0) is 12.1 Å². The van der Waals surface area contributed by atoms with Crippen LogP contribution < -0.4 is 5.32 Å². The van der Waals surface area contributed by atoms with Crippen LogP contribution in [0.1, 0.15) is 13.8 Å². The number of amides is 1. The van der Waals surface area contributed by atoms with Gasteiger partial charge in [-0.25, -0.2) is 0 Å².